The van der Waals surface area contributed by atoms with E-state index in [1.165, 1.54) is 5.57 Å². The lowest BCUT2D eigenvalue weighted by Crippen LogP contribution is -2.03. The van der Waals surface area contributed by atoms with Crippen molar-refractivity contribution < 1.29 is 14.6 Å². The van der Waals surface area contributed by atoms with Gasteiger partial charge >= 0.3 is 5.97 Å². The van der Waals surface area contributed by atoms with E-state index in [-0.39, 0.29) is 29.7 Å². The summed E-state index contributed by atoms with van der Waals surface area (Å²) in [5.41, 5.74) is 2.25. The van der Waals surface area contributed by atoms with E-state index in [1.807, 2.05) is 38.1 Å². The fourth-order valence-corrected chi connectivity index (χ4v) is 3.08. The molecule has 22 heavy (non-hydrogen) atoms. The van der Waals surface area contributed by atoms with Crippen molar-refractivity contribution in [3.05, 3.63) is 35.9 Å². The Labute approximate surface area is 138 Å². The lowest BCUT2D eigenvalue weighted by atomic mass is 9.98. The lowest BCUT2D eigenvalue weighted by Gasteiger charge is -2.09. The second-order valence-electron chi connectivity index (χ2n) is 6.33. The van der Waals surface area contributed by atoms with Crippen LogP contribution in [0.2, 0.25) is 0 Å². The maximum Gasteiger partial charge on any atom is 0.307 e. The van der Waals surface area contributed by atoms with Gasteiger partial charge < -0.3 is 9.84 Å². The highest BCUT2D eigenvalue weighted by Gasteiger charge is 2.60. The van der Waals surface area contributed by atoms with E-state index in [4.69, 9.17) is 4.74 Å². The molecule has 3 nitrogen and oxygen atoms in total. The van der Waals surface area contributed by atoms with Crippen LogP contribution in [0, 0.1) is 17.3 Å². The molecule has 122 valence electrons. The van der Waals surface area contributed by atoms with Crippen LogP contribution in [0.25, 0.3) is 5.57 Å². The smallest absolute Gasteiger partial charge is 0.307 e. The van der Waals surface area contributed by atoms with Crippen LogP contribution in [0.4, 0.5) is 0 Å². The number of carboxylic acid groups (broad SMARTS) is 1. The van der Waals surface area contributed by atoms with Crippen molar-refractivity contribution in [2.75, 3.05) is 7.11 Å². The molecule has 4 heteroatoms. The number of allylic oxidation sites excluding steroid dienone is 2. The van der Waals surface area contributed by atoms with Gasteiger partial charge in [-0.1, -0.05) is 45.4 Å². The predicted molar refractivity (Wildman–Crippen MR) is 91.5 cm³/mol. The number of rotatable bonds is 6. The molecule has 2 rings (SSSR count). The molecule has 0 heterocycles. The van der Waals surface area contributed by atoms with Crippen molar-refractivity contribution in [2.45, 2.75) is 33.6 Å². The summed E-state index contributed by atoms with van der Waals surface area (Å²) in [6.07, 6.45) is 4.18. The highest BCUT2D eigenvalue weighted by molar-refractivity contribution is 5.85. The normalized spacial score (nSPS) is 22.6. The molecule has 1 aromatic rings. The Morgan fingerprint density at radius 3 is 2.32 bits per heavy atom. The number of carbonyl (C=O) groups is 1. The molecule has 2 atom stereocenters. The van der Waals surface area contributed by atoms with E-state index < -0.39 is 5.97 Å². The first-order valence-corrected chi connectivity index (χ1v) is 7.49. The molecule has 1 fully saturated rings. The van der Waals surface area contributed by atoms with Gasteiger partial charge in [0.15, 0.2) is 0 Å². The average Bonchev–Trinajstić information content (AvgIpc) is 3.00. The SMILES string of the molecule is CCCC(=CC1C(C(=O)O)C1(C)C)c1ccc(OC)cc1.Cl. The Hall–Kier alpha value is -1.48. The molecule has 0 radical (unpaired) electrons. The van der Waals surface area contributed by atoms with Gasteiger partial charge in [0.2, 0.25) is 0 Å². The second kappa shape index (κ2) is 7.19. The summed E-state index contributed by atoms with van der Waals surface area (Å²) in [6, 6.07) is 7.99. The number of methoxy groups -OCH3 is 1. The quantitative estimate of drug-likeness (QED) is 0.828. The molecule has 2 unspecified atom stereocenters. The Bertz CT molecular complexity index is 546. The molecule has 0 saturated heterocycles. The van der Waals surface area contributed by atoms with Gasteiger partial charge in [0, 0.05) is 0 Å². The molecule has 1 aliphatic carbocycles. The Kier molecular flexibility index (Phi) is 6.07. The zero-order valence-electron chi connectivity index (χ0n) is 13.6. The molecule has 0 amide bonds. The number of benzene rings is 1. The van der Waals surface area contributed by atoms with Crippen LogP contribution in [0.15, 0.2) is 30.3 Å². The summed E-state index contributed by atoms with van der Waals surface area (Å²) in [5, 5.41) is 9.30. The third kappa shape index (κ3) is 3.64. The second-order valence-corrected chi connectivity index (χ2v) is 6.33. The Morgan fingerprint density at radius 2 is 1.91 bits per heavy atom. The highest BCUT2D eigenvalue weighted by atomic mass is 35.5. The minimum Gasteiger partial charge on any atom is -0.497 e. The van der Waals surface area contributed by atoms with Crippen LogP contribution in [-0.4, -0.2) is 18.2 Å². The van der Waals surface area contributed by atoms with Gasteiger partial charge in [-0.05, 0) is 41.0 Å². The van der Waals surface area contributed by atoms with E-state index >= 15 is 0 Å². The Morgan fingerprint density at radius 1 is 1.32 bits per heavy atom. The van der Waals surface area contributed by atoms with E-state index in [1.54, 1.807) is 7.11 Å². The summed E-state index contributed by atoms with van der Waals surface area (Å²) in [7, 11) is 1.65. The van der Waals surface area contributed by atoms with E-state index in [0.29, 0.717) is 0 Å². The van der Waals surface area contributed by atoms with Crippen molar-refractivity contribution in [2.24, 2.45) is 17.3 Å². The van der Waals surface area contributed by atoms with Crippen LogP contribution in [0.1, 0.15) is 39.2 Å². The Balaban J connectivity index is 0.00000242. The minimum atomic E-state index is -0.688. The van der Waals surface area contributed by atoms with Crippen molar-refractivity contribution >= 4 is 23.9 Å². The van der Waals surface area contributed by atoms with Gasteiger partial charge in [0.25, 0.3) is 0 Å². The predicted octanol–water partition coefficient (Wildman–Crippen LogP) is 4.66. The first-order valence-electron chi connectivity index (χ1n) is 7.49. The minimum absolute atomic E-state index is 0. The van der Waals surface area contributed by atoms with E-state index in [2.05, 4.69) is 13.0 Å². The fraction of sp³-hybridized carbons (Fsp3) is 0.500. The average molecular weight is 325 g/mol. The topological polar surface area (TPSA) is 46.5 Å². The molecular weight excluding hydrogens is 300 g/mol. The van der Waals surface area contributed by atoms with Gasteiger partial charge in [-0.2, -0.15) is 0 Å². The number of carboxylic acids is 1. The molecule has 1 saturated carbocycles. The van der Waals surface area contributed by atoms with Crippen molar-refractivity contribution in [1.29, 1.82) is 0 Å². The maximum atomic E-state index is 11.3. The number of ether oxygens (including phenoxy) is 1. The van der Waals surface area contributed by atoms with Crippen LogP contribution < -0.4 is 4.74 Å². The van der Waals surface area contributed by atoms with Crippen molar-refractivity contribution in [3.63, 3.8) is 0 Å². The van der Waals surface area contributed by atoms with E-state index in [0.717, 1.165) is 24.2 Å². The molecule has 1 N–H and O–H groups in total. The molecule has 0 spiro atoms. The van der Waals surface area contributed by atoms with Crippen LogP contribution in [0.3, 0.4) is 0 Å². The van der Waals surface area contributed by atoms with Gasteiger partial charge in [-0.15, -0.1) is 12.4 Å². The number of hydrogen-bond acceptors (Lipinski definition) is 2. The van der Waals surface area contributed by atoms with Gasteiger partial charge in [0.05, 0.1) is 13.0 Å². The lowest BCUT2D eigenvalue weighted by molar-refractivity contribution is -0.139. The third-order valence-corrected chi connectivity index (χ3v) is 4.54. The third-order valence-electron chi connectivity index (χ3n) is 4.54. The monoisotopic (exact) mass is 324 g/mol. The molecule has 0 aliphatic heterocycles. The fourth-order valence-electron chi connectivity index (χ4n) is 3.08. The molecule has 0 aromatic heterocycles. The first-order chi connectivity index (χ1) is 9.91. The summed E-state index contributed by atoms with van der Waals surface area (Å²) in [6.45, 7) is 6.21. The molecule has 0 bridgehead atoms. The summed E-state index contributed by atoms with van der Waals surface area (Å²) in [5.74, 6) is 0.0119. The highest BCUT2D eigenvalue weighted by Crippen LogP contribution is 2.59. The van der Waals surface area contributed by atoms with Gasteiger partial charge in [-0.3, -0.25) is 4.79 Å². The van der Waals surface area contributed by atoms with Crippen LogP contribution in [-0.2, 0) is 4.79 Å². The number of hydrogen-bond donors (Lipinski definition) is 1. The first kappa shape index (κ1) is 18.6. The maximum absolute atomic E-state index is 11.3. The van der Waals surface area contributed by atoms with Crippen molar-refractivity contribution in [3.8, 4) is 5.75 Å². The zero-order chi connectivity index (χ0) is 15.6. The standard InChI is InChI=1S/C18H24O3.ClH/c1-5-6-13(12-7-9-14(21-4)10-8-12)11-15-16(17(19)20)18(15,2)3;/h7-11,15-16H,5-6H2,1-4H3,(H,19,20);1H. The molecule has 1 aliphatic rings. The van der Waals surface area contributed by atoms with Crippen LogP contribution >= 0.6 is 12.4 Å². The summed E-state index contributed by atoms with van der Waals surface area (Å²) < 4.78 is 5.19. The van der Waals surface area contributed by atoms with E-state index in [9.17, 15) is 9.90 Å². The van der Waals surface area contributed by atoms with Crippen LogP contribution in [0.5, 0.6) is 5.75 Å². The summed E-state index contributed by atoms with van der Waals surface area (Å²) >= 11 is 0. The zero-order valence-corrected chi connectivity index (χ0v) is 14.4. The van der Waals surface area contributed by atoms with Gasteiger partial charge in [0.1, 0.15) is 5.75 Å². The van der Waals surface area contributed by atoms with Crippen molar-refractivity contribution in [1.82, 2.24) is 0 Å². The largest absolute Gasteiger partial charge is 0.497 e. The van der Waals surface area contributed by atoms with Gasteiger partial charge in [-0.25, -0.2) is 0 Å². The summed E-state index contributed by atoms with van der Waals surface area (Å²) in [4.78, 5) is 11.3. The number of halogens is 1. The molecular formula is C18H25ClO3. The number of aliphatic carboxylic acids is 1. The molecule has 1 aromatic carbocycles.